The number of phenols is 1. The fraction of sp³-hybridized carbons (Fsp3) is 0.588. The fourth-order valence-electron chi connectivity index (χ4n) is 2.68. The molecule has 1 saturated heterocycles. The van der Waals surface area contributed by atoms with E-state index in [9.17, 15) is 14.3 Å². The maximum Gasteiger partial charge on any atom is 0.410 e. The second-order valence-electron chi connectivity index (χ2n) is 6.87. The van der Waals surface area contributed by atoms with Crippen molar-refractivity contribution in [1.29, 1.82) is 0 Å². The summed E-state index contributed by atoms with van der Waals surface area (Å²) in [5.41, 5.74) is -0.00261. The lowest BCUT2D eigenvalue weighted by molar-refractivity contribution is 0.0226. The highest BCUT2D eigenvalue weighted by Gasteiger charge is 2.31. The van der Waals surface area contributed by atoms with Gasteiger partial charge in [0.25, 0.3) is 0 Å². The lowest BCUT2D eigenvalue weighted by atomic mass is 10.1. The van der Waals surface area contributed by atoms with Gasteiger partial charge in [-0.05, 0) is 51.8 Å². The van der Waals surface area contributed by atoms with Crippen molar-refractivity contribution in [2.45, 2.75) is 51.8 Å². The van der Waals surface area contributed by atoms with E-state index in [2.05, 4.69) is 5.32 Å². The van der Waals surface area contributed by atoms with Crippen LogP contribution in [0.2, 0.25) is 0 Å². The number of ether oxygens (including phenoxy) is 1. The Morgan fingerprint density at radius 1 is 1.48 bits per heavy atom. The van der Waals surface area contributed by atoms with Crippen molar-refractivity contribution in [2.75, 3.05) is 13.1 Å². The van der Waals surface area contributed by atoms with Crippen LogP contribution in [0.5, 0.6) is 5.75 Å². The normalized spacial score (nSPS) is 18.3. The van der Waals surface area contributed by atoms with E-state index < -0.39 is 5.60 Å². The van der Waals surface area contributed by atoms with Crippen molar-refractivity contribution in [3.05, 3.63) is 29.6 Å². The number of hydrogen-bond donors (Lipinski definition) is 2. The molecule has 2 N–H and O–H groups in total. The quantitative estimate of drug-likeness (QED) is 0.894. The third kappa shape index (κ3) is 5.10. The molecule has 1 heterocycles. The molecule has 5 nitrogen and oxygen atoms in total. The minimum atomic E-state index is -0.509. The molecule has 0 saturated carbocycles. The van der Waals surface area contributed by atoms with E-state index in [1.807, 2.05) is 20.8 Å². The van der Waals surface area contributed by atoms with E-state index in [4.69, 9.17) is 4.74 Å². The van der Waals surface area contributed by atoms with Gasteiger partial charge in [-0.1, -0.05) is 0 Å². The Balaban J connectivity index is 1.87. The van der Waals surface area contributed by atoms with Crippen LogP contribution in [0.4, 0.5) is 9.18 Å². The maximum atomic E-state index is 13.2. The average molecular weight is 324 g/mol. The highest BCUT2D eigenvalue weighted by Crippen LogP contribution is 2.21. The van der Waals surface area contributed by atoms with E-state index in [0.717, 1.165) is 12.8 Å². The Morgan fingerprint density at radius 2 is 2.22 bits per heavy atom. The van der Waals surface area contributed by atoms with Crippen LogP contribution in [0.15, 0.2) is 18.2 Å². The van der Waals surface area contributed by atoms with Crippen LogP contribution < -0.4 is 5.32 Å². The largest absolute Gasteiger partial charge is 0.508 e. The van der Waals surface area contributed by atoms with E-state index in [1.54, 1.807) is 4.90 Å². The first kappa shape index (κ1) is 17.5. The maximum absolute atomic E-state index is 13.2. The summed E-state index contributed by atoms with van der Waals surface area (Å²) in [6, 6.07) is 3.93. The van der Waals surface area contributed by atoms with E-state index in [-0.39, 0.29) is 23.7 Å². The van der Waals surface area contributed by atoms with Gasteiger partial charge in [-0.3, -0.25) is 0 Å². The molecule has 1 aromatic carbocycles. The van der Waals surface area contributed by atoms with Gasteiger partial charge in [0.2, 0.25) is 0 Å². The van der Waals surface area contributed by atoms with Crippen LogP contribution in [0.25, 0.3) is 0 Å². The first-order valence-electron chi connectivity index (χ1n) is 7.94. The van der Waals surface area contributed by atoms with E-state index in [1.165, 1.54) is 18.2 Å². The number of rotatable bonds is 4. The molecule has 1 aromatic rings. The molecule has 6 heteroatoms. The second-order valence-corrected chi connectivity index (χ2v) is 6.87. The van der Waals surface area contributed by atoms with Crippen LogP contribution in [0, 0.1) is 5.82 Å². The monoisotopic (exact) mass is 324 g/mol. The summed E-state index contributed by atoms with van der Waals surface area (Å²) in [5, 5.41) is 12.9. The highest BCUT2D eigenvalue weighted by atomic mass is 19.1. The molecule has 1 atom stereocenters. The van der Waals surface area contributed by atoms with Gasteiger partial charge >= 0.3 is 6.09 Å². The van der Waals surface area contributed by atoms with Crippen LogP contribution in [0.1, 0.15) is 39.2 Å². The zero-order valence-electron chi connectivity index (χ0n) is 13.9. The highest BCUT2D eigenvalue weighted by molar-refractivity contribution is 5.69. The SMILES string of the molecule is CC(C)(C)OC(=O)N1CCCC1CNCc1cc(F)ccc1O. The number of benzene rings is 1. The Labute approximate surface area is 136 Å². The topological polar surface area (TPSA) is 61.8 Å². The van der Waals surface area contributed by atoms with E-state index >= 15 is 0 Å². The van der Waals surface area contributed by atoms with Crippen LogP contribution in [-0.2, 0) is 11.3 Å². The Bertz CT molecular complexity index is 557. The summed E-state index contributed by atoms with van der Waals surface area (Å²) in [4.78, 5) is 13.9. The molecule has 0 radical (unpaired) electrons. The predicted molar refractivity (Wildman–Crippen MR) is 85.7 cm³/mol. The molecule has 1 fully saturated rings. The summed E-state index contributed by atoms with van der Waals surface area (Å²) >= 11 is 0. The standard InChI is InChI=1S/C17H25FN2O3/c1-17(2,3)23-16(22)20-8-4-5-14(20)11-19-10-12-9-13(18)6-7-15(12)21/h6-7,9,14,19,21H,4-5,8,10-11H2,1-3H3. The molecular weight excluding hydrogens is 299 g/mol. The van der Waals surface area contributed by atoms with Crippen molar-refractivity contribution in [2.24, 2.45) is 0 Å². The average Bonchev–Trinajstić information content (AvgIpc) is 2.89. The lowest BCUT2D eigenvalue weighted by Gasteiger charge is -2.28. The Hall–Kier alpha value is -1.82. The van der Waals surface area contributed by atoms with Crippen LogP contribution >= 0.6 is 0 Å². The predicted octanol–water partition coefficient (Wildman–Crippen LogP) is 3.02. The molecule has 0 bridgehead atoms. The van der Waals surface area contributed by atoms with Crippen LogP contribution in [0.3, 0.4) is 0 Å². The van der Waals surface area contributed by atoms with Gasteiger partial charge in [0.15, 0.2) is 0 Å². The molecule has 1 aliphatic rings. The molecule has 1 amide bonds. The van der Waals surface area contributed by atoms with E-state index in [0.29, 0.717) is 25.2 Å². The number of halogens is 1. The summed E-state index contributed by atoms with van der Waals surface area (Å²) in [5.74, 6) is -0.315. The van der Waals surface area contributed by atoms with Gasteiger partial charge in [-0.25, -0.2) is 9.18 Å². The van der Waals surface area contributed by atoms with Gasteiger partial charge in [0.05, 0.1) is 0 Å². The Morgan fingerprint density at radius 3 is 2.91 bits per heavy atom. The van der Waals surface area contributed by atoms with Gasteiger partial charge in [-0.2, -0.15) is 0 Å². The summed E-state index contributed by atoms with van der Waals surface area (Å²) in [7, 11) is 0. The van der Waals surface area contributed by atoms with Crippen molar-refractivity contribution in [1.82, 2.24) is 10.2 Å². The first-order chi connectivity index (χ1) is 10.8. The Kier molecular flexibility index (Phi) is 5.46. The van der Waals surface area contributed by atoms with Crippen molar-refractivity contribution in [3.63, 3.8) is 0 Å². The van der Waals surface area contributed by atoms with Gasteiger partial charge in [0.1, 0.15) is 17.2 Å². The summed E-state index contributed by atoms with van der Waals surface area (Å²) < 4.78 is 18.6. The summed E-state index contributed by atoms with van der Waals surface area (Å²) in [6.45, 7) is 7.16. The van der Waals surface area contributed by atoms with Crippen molar-refractivity contribution < 1.29 is 19.0 Å². The van der Waals surface area contributed by atoms with Crippen molar-refractivity contribution in [3.8, 4) is 5.75 Å². The number of amides is 1. The zero-order valence-corrected chi connectivity index (χ0v) is 13.9. The number of nitrogens with one attached hydrogen (secondary N) is 1. The molecule has 128 valence electrons. The molecule has 0 aromatic heterocycles. The number of hydrogen-bond acceptors (Lipinski definition) is 4. The minimum Gasteiger partial charge on any atom is -0.508 e. The molecule has 0 spiro atoms. The molecule has 2 rings (SSSR count). The summed E-state index contributed by atoms with van der Waals surface area (Å²) in [6.07, 6.45) is 1.55. The fourth-order valence-corrected chi connectivity index (χ4v) is 2.68. The number of phenolic OH excluding ortho intramolecular Hbond substituents is 1. The number of nitrogens with zero attached hydrogens (tertiary/aromatic N) is 1. The second kappa shape index (κ2) is 7.17. The minimum absolute atomic E-state index is 0.0561. The first-order valence-corrected chi connectivity index (χ1v) is 7.94. The molecule has 1 unspecified atom stereocenters. The van der Waals surface area contributed by atoms with Gasteiger partial charge in [0, 0.05) is 31.2 Å². The third-order valence-electron chi connectivity index (χ3n) is 3.74. The lowest BCUT2D eigenvalue weighted by Crippen LogP contribution is -2.44. The molecular formula is C17H25FN2O3. The third-order valence-corrected chi connectivity index (χ3v) is 3.74. The van der Waals surface area contributed by atoms with Crippen LogP contribution in [-0.4, -0.2) is 40.8 Å². The smallest absolute Gasteiger partial charge is 0.410 e. The molecule has 0 aliphatic carbocycles. The molecule has 1 aliphatic heterocycles. The zero-order chi connectivity index (χ0) is 17.0. The van der Waals surface area contributed by atoms with Crippen molar-refractivity contribution >= 4 is 6.09 Å². The number of likely N-dealkylation sites (tertiary alicyclic amines) is 1. The number of aromatic hydroxyl groups is 1. The molecule has 23 heavy (non-hydrogen) atoms. The van der Waals surface area contributed by atoms with Gasteiger partial charge in [-0.15, -0.1) is 0 Å². The number of carbonyl (C=O) groups excluding carboxylic acids is 1. The number of carbonyl (C=O) groups is 1. The van der Waals surface area contributed by atoms with Gasteiger partial charge < -0.3 is 20.1 Å².